The predicted octanol–water partition coefficient (Wildman–Crippen LogP) is 2.82. The lowest BCUT2D eigenvalue weighted by Crippen LogP contribution is -2.34. The number of likely N-dealkylation sites (tertiary alicyclic amines) is 1. The number of hydrogen-bond donors (Lipinski definition) is 1. The van der Waals surface area contributed by atoms with Crippen molar-refractivity contribution in [3.05, 3.63) is 22.4 Å². The van der Waals surface area contributed by atoms with E-state index in [1.807, 2.05) is 6.07 Å². The van der Waals surface area contributed by atoms with Crippen molar-refractivity contribution in [3.8, 4) is 0 Å². The Bertz CT molecular complexity index is 377. The van der Waals surface area contributed by atoms with Crippen molar-refractivity contribution < 1.29 is 9.90 Å². The summed E-state index contributed by atoms with van der Waals surface area (Å²) in [5, 5.41) is 11.5. The molecule has 0 bridgehead atoms. The Balaban J connectivity index is 1.99. The third-order valence-corrected chi connectivity index (χ3v) is 4.44. The maximum absolute atomic E-state index is 11.4. The molecule has 1 unspecified atom stereocenters. The number of nitrogens with zero attached hydrogens (tertiary/aromatic N) is 1. The second kappa shape index (κ2) is 5.19. The Morgan fingerprint density at radius 3 is 3.06 bits per heavy atom. The van der Waals surface area contributed by atoms with Crippen molar-refractivity contribution in [2.45, 2.75) is 32.7 Å². The fourth-order valence-corrected chi connectivity index (χ4v) is 3.43. The Labute approximate surface area is 106 Å². The SMILES string of the molecule is CCCC1(C(=O)O)CCN(Cc2cccs2)C1. The number of thiophene rings is 1. The van der Waals surface area contributed by atoms with Crippen LogP contribution in [0.25, 0.3) is 0 Å². The first-order valence-electron chi connectivity index (χ1n) is 6.14. The lowest BCUT2D eigenvalue weighted by atomic mass is 9.83. The van der Waals surface area contributed by atoms with Crippen molar-refractivity contribution in [2.75, 3.05) is 13.1 Å². The van der Waals surface area contributed by atoms with Crippen LogP contribution in [0, 0.1) is 5.41 Å². The third kappa shape index (κ3) is 2.69. The summed E-state index contributed by atoms with van der Waals surface area (Å²) in [5.41, 5.74) is -0.494. The molecule has 0 radical (unpaired) electrons. The first-order valence-corrected chi connectivity index (χ1v) is 7.02. The zero-order valence-corrected chi connectivity index (χ0v) is 11.0. The third-order valence-electron chi connectivity index (χ3n) is 3.57. The highest BCUT2D eigenvalue weighted by Crippen LogP contribution is 2.36. The summed E-state index contributed by atoms with van der Waals surface area (Å²) in [4.78, 5) is 15.0. The van der Waals surface area contributed by atoms with Crippen LogP contribution in [0.4, 0.5) is 0 Å². The number of carboxylic acids is 1. The molecular formula is C13H19NO2S. The predicted molar refractivity (Wildman–Crippen MR) is 69.2 cm³/mol. The Hall–Kier alpha value is -0.870. The van der Waals surface area contributed by atoms with Gasteiger partial charge in [-0.15, -0.1) is 11.3 Å². The maximum atomic E-state index is 11.4. The Kier molecular flexibility index (Phi) is 3.84. The fourth-order valence-electron chi connectivity index (χ4n) is 2.68. The molecule has 2 rings (SSSR count). The van der Waals surface area contributed by atoms with Gasteiger partial charge >= 0.3 is 5.97 Å². The molecule has 1 aliphatic rings. The van der Waals surface area contributed by atoms with Crippen LogP contribution >= 0.6 is 11.3 Å². The van der Waals surface area contributed by atoms with Crippen LogP contribution in [0.1, 0.15) is 31.1 Å². The molecule has 1 aromatic rings. The molecule has 0 aromatic carbocycles. The lowest BCUT2D eigenvalue weighted by Gasteiger charge is -2.24. The summed E-state index contributed by atoms with van der Waals surface area (Å²) in [6.07, 6.45) is 2.53. The summed E-state index contributed by atoms with van der Waals surface area (Å²) in [5.74, 6) is -0.618. The normalized spacial score (nSPS) is 25.2. The van der Waals surface area contributed by atoms with Crippen LogP contribution in [0.3, 0.4) is 0 Å². The Morgan fingerprint density at radius 1 is 1.65 bits per heavy atom. The van der Waals surface area contributed by atoms with Gasteiger partial charge in [-0.25, -0.2) is 0 Å². The average Bonchev–Trinajstić information content (AvgIpc) is 2.90. The maximum Gasteiger partial charge on any atom is 0.310 e. The van der Waals surface area contributed by atoms with Crippen LogP contribution in [0.2, 0.25) is 0 Å². The second-order valence-corrected chi connectivity index (χ2v) is 5.91. The van der Waals surface area contributed by atoms with E-state index in [9.17, 15) is 9.90 Å². The summed E-state index contributed by atoms with van der Waals surface area (Å²) in [7, 11) is 0. The van der Waals surface area contributed by atoms with Gasteiger partial charge in [0.15, 0.2) is 0 Å². The first kappa shape index (κ1) is 12.6. The highest BCUT2D eigenvalue weighted by molar-refractivity contribution is 7.09. The van der Waals surface area contributed by atoms with E-state index in [0.29, 0.717) is 6.54 Å². The van der Waals surface area contributed by atoms with E-state index >= 15 is 0 Å². The molecule has 2 heterocycles. The molecule has 1 aromatic heterocycles. The average molecular weight is 253 g/mol. The summed E-state index contributed by atoms with van der Waals surface area (Å²) in [6, 6.07) is 4.16. The van der Waals surface area contributed by atoms with E-state index in [2.05, 4.69) is 23.3 Å². The topological polar surface area (TPSA) is 40.5 Å². The zero-order valence-electron chi connectivity index (χ0n) is 10.2. The molecule has 94 valence electrons. The number of carboxylic acid groups (broad SMARTS) is 1. The zero-order chi connectivity index (χ0) is 12.3. The van der Waals surface area contributed by atoms with E-state index < -0.39 is 11.4 Å². The van der Waals surface area contributed by atoms with Gasteiger partial charge in [0.25, 0.3) is 0 Å². The highest BCUT2D eigenvalue weighted by Gasteiger charge is 2.43. The molecule has 0 spiro atoms. The van der Waals surface area contributed by atoms with E-state index in [4.69, 9.17) is 0 Å². The van der Waals surface area contributed by atoms with Crippen molar-refractivity contribution in [3.63, 3.8) is 0 Å². The quantitative estimate of drug-likeness (QED) is 0.877. The molecule has 0 aliphatic carbocycles. The summed E-state index contributed by atoms with van der Waals surface area (Å²) < 4.78 is 0. The number of carbonyl (C=O) groups is 1. The van der Waals surface area contributed by atoms with Gasteiger partial charge in [0.1, 0.15) is 0 Å². The van der Waals surface area contributed by atoms with E-state index in [1.54, 1.807) is 11.3 Å². The molecular weight excluding hydrogens is 234 g/mol. The molecule has 17 heavy (non-hydrogen) atoms. The molecule has 1 fully saturated rings. The van der Waals surface area contributed by atoms with Crippen LogP contribution in [-0.4, -0.2) is 29.1 Å². The van der Waals surface area contributed by atoms with Crippen LogP contribution < -0.4 is 0 Å². The molecule has 1 aliphatic heterocycles. The molecule has 0 saturated carbocycles. The smallest absolute Gasteiger partial charge is 0.310 e. The van der Waals surface area contributed by atoms with Gasteiger partial charge < -0.3 is 5.11 Å². The molecule has 1 saturated heterocycles. The highest BCUT2D eigenvalue weighted by atomic mass is 32.1. The Morgan fingerprint density at radius 2 is 2.47 bits per heavy atom. The second-order valence-electron chi connectivity index (χ2n) is 4.88. The van der Waals surface area contributed by atoms with Crippen LogP contribution in [0.15, 0.2) is 17.5 Å². The van der Waals surface area contributed by atoms with Crippen LogP contribution in [0.5, 0.6) is 0 Å². The number of hydrogen-bond acceptors (Lipinski definition) is 3. The lowest BCUT2D eigenvalue weighted by molar-refractivity contribution is -0.148. The van der Waals surface area contributed by atoms with Gasteiger partial charge in [-0.1, -0.05) is 19.4 Å². The van der Waals surface area contributed by atoms with E-state index in [0.717, 1.165) is 32.4 Å². The van der Waals surface area contributed by atoms with Gasteiger partial charge in [-0.05, 0) is 30.8 Å². The molecule has 4 heteroatoms. The molecule has 1 N–H and O–H groups in total. The van der Waals surface area contributed by atoms with Crippen molar-refractivity contribution in [1.29, 1.82) is 0 Å². The minimum Gasteiger partial charge on any atom is -0.481 e. The fraction of sp³-hybridized carbons (Fsp3) is 0.615. The van der Waals surface area contributed by atoms with Gasteiger partial charge in [0, 0.05) is 18.0 Å². The molecule has 0 amide bonds. The van der Waals surface area contributed by atoms with Gasteiger partial charge in [-0.3, -0.25) is 9.69 Å². The van der Waals surface area contributed by atoms with Crippen LogP contribution in [-0.2, 0) is 11.3 Å². The van der Waals surface area contributed by atoms with Gasteiger partial charge in [0.2, 0.25) is 0 Å². The van der Waals surface area contributed by atoms with E-state index in [-0.39, 0.29) is 0 Å². The minimum atomic E-state index is -0.618. The van der Waals surface area contributed by atoms with Gasteiger partial charge in [-0.2, -0.15) is 0 Å². The largest absolute Gasteiger partial charge is 0.481 e. The standard InChI is InChI=1S/C13H19NO2S/c1-2-5-13(12(15)16)6-7-14(10-13)9-11-4-3-8-17-11/h3-4,8H,2,5-7,9-10H2,1H3,(H,15,16). The summed E-state index contributed by atoms with van der Waals surface area (Å²) >= 11 is 1.74. The number of rotatable bonds is 5. The number of aliphatic carboxylic acids is 1. The van der Waals surface area contributed by atoms with Crippen molar-refractivity contribution >= 4 is 17.3 Å². The monoisotopic (exact) mass is 253 g/mol. The van der Waals surface area contributed by atoms with Gasteiger partial charge in [0.05, 0.1) is 5.41 Å². The molecule has 1 atom stereocenters. The minimum absolute atomic E-state index is 0.494. The van der Waals surface area contributed by atoms with Crippen molar-refractivity contribution in [2.24, 2.45) is 5.41 Å². The summed E-state index contributed by atoms with van der Waals surface area (Å²) in [6.45, 7) is 4.57. The van der Waals surface area contributed by atoms with Crippen molar-refractivity contribution in [1.82, 2.24) is 4.90 Å². The van der Waals surface area contributed by atoms with E-state index in [1.165, 1.54) is 4.88 Å². The first-order chi connectivity index (χ1) is 8.16. The molecule has 3 nitrogen and oxygen atoms in total.